The molecule has 0 amide bonds. The lowest BCUT2D eigenvalue weighted by atomic mass is 9.42. The first-order valence-corrected chi connectivity index (χ1v) is 8.77. The summed E-state index contributed by atoms with van der Waals surface area (Å²) < 4.78 is 0. The SMILES string of the molecule is CC12CC3CC(C1)CC(C(O)C1CCCCC1)(C3)C2. The Balaban J connectivity index is 1.59. The van der Waals surface area contributed by atoms with Crippen molar-refractivity contribution in [2.24, 2.45) is 28.6 Å². The van der Waals surface area contributed by atoms with Crippen LogP contribution < -0.4 is 0 Å². The van der Waals surface area contributed by atoms with Crippen LogP contribution in [0.1, 0.15) is 77.6 Å². The van der Waals surface area contributed by atoms with Crippen LogP contribution in [0.25, 0.3) is 0 Å². The zero-order valence-corrected chi connectivity index (χ0v) is 12.5. The minimum absolute atomic E-state index is 0.0259. The second kappa shape index (κ2) is 4.23. The monoisotopic (exact) mass is 262 g/mol. The minimum atomic E-state index is 0.0259. The van der Waals surface area contributed by atoms with E-state index in [1.54, 1.807) is 0 Å². The van der Waals surface area contributed by atoms with Crippen LogP contribution in [0.2, 0.25) is 0 Å². The molecule has 1 heteroatoms. The van der Waals surface area contributed by atoms with Crippen molar-refractivity contribution in [1.29, 1.82) is 0 Å². The Morgan fingerprint density at radius 1 is 0.947 bits per heavy atom. The molecule has 0 aromatic heterocycles. The van der Waals surface area contributed by atoms with E-state index in [1.807, 2.05) is 0 Å². The lowest BCUT2D eigenvalue weighted by Crippen LogP contribution is -2.57. The highest BCUT2D eigenvalue weighted by Crippen LogP contribution is 2.67. The van der Waals surface area contributed by atoms with Crippen LogP contribution in [0, 0.1) is 28.6 Å². The fourth-order valence-electron chi connectivity index (χ4n) is 7.09. The first-order valence-electron chi connectivity index (χ1n) is 8.77. The van der Waals surface area contributed by atoms with E-state index in [0.29, 0.717) is 16.7 Å². The first-order chi connectivity index (χ1) is 9.09. The normalized spacial score (nSPS) is 51.5. The van der Waals surface area contributed by atoms with Crippen molar-refractivity contribution in [3.8, 4) is 0 Å². The maximum atomic E-state index is 11.2. The van der Waals surface area contributed by atoms with Crippen LogP contribution in [0.3, 0.4) is 0 Å². The number of hydrogen-bond donors (Lipinski definition) is 1. The maximum absolute atomic E-state index is 11.2. The lowest BCUT2D eigenvalue weighted by Gasteiger charge is -2.63. The van der Waals surface area contributed by atoms with Crippen molar-refractivity contribution < 1.29 is 5.11 Å². The van der Waals surface area contributed by atoms with Crippen LogP contribution in [0.4, 0.5) is 0 Å². The molecule has 5 aliphatic carbocycles. The number of aliphatic hydroxyl groups is 1. The van der Waals surface area contributed by atoms with E-state index in [9.17, 15) is 5.11 Å². The molecule has 5 aliphatic rings. The van der Waals surface area contributed by atoms with E-state index >= 15 is 0 Å². The highest BCUT2D eigenvalue weighted by Gasteiger charge is 2.59. The van der Waals surface area contributed by atoms with Gasteiger partial charge in [0, 0.05) is 0 Å². The largest absolute Gasteiger partial charge is 0.392 e. The summed E-state index contributed by atoms with van der Waals surface area (Å²) in [5.74, 6) is 2.53. The standard InChI is InChI=1S/C18H30O/c1-17-8-13-7-14(9-17)11-18(10-13,12-17)16(19)15-5-3-2-4-6-15/h13-16,19H,2-12H2,1H3. The van der Waals surface area contributed by atoms with Crippen LogP contribution in [0.15, 0.2) is 0 Å². The summed E-state index contributed by atoms with van der Waals surface area (Å²) in [6.45, 7) is 2.52. The molecule has 3 unspecified atom stereocenters. The third-order valence-corrected chi connectivity index (χ3v) is 7.12. The smallest absolute Gasteiger partial charge is 0.0624 e. The number of rotatable bonds is 2. The van der Waals surface area contributed by atoms with Crippen molar-refractivity contribution in [2.75, 3.05) is 0 Å². The minimum Gasteiger partial charge on any atom is -0.392 e. The van der Waals surface area contributed by atoms with Gasteiger partial charge in [0.15, 0.2) is 0 Å². The van der Waals surface area contributed by atoms with Gasteiger partial charge in [-0.25, -0.2) is 0 Å². The molecule has 0 saturated heterocycles. The van der Waals surface area contributed by atoms with Gasteiger partial charge in [0.05, 0.1) is 6.10 Å². The average molecular weight is 262 g/mol. The molecule has 1 N–H and O–H groups in total. The van der Waals surface area contributed by atoms with Gasteiger partial charge in [0.25, 0.3) is 0 Å². The molecule has 5 rings (SSSR count). The Labute approximate surface area is 118 Å². The summed E-state index contributed by atoms with van der Waals surface area (Å²) in [6, 6.07) is 0. The van der Waals surface area contributed by atoms with E-state index in [1.165, 1.54) is 70.6 Å². The van der Waals surface area contributed by atoms with E-state index in [-0.39, 0.29) is 6.10 Å². The second-order valence-electron chi connectivity index (χ2n) is 8.98. The Hall–Kier alpha value is -0.0400. The summed E-state index contributed by atoms with van der Waals surface area (Å²) in [7, 11) is 0. The topological polar surface area (TPSA) is 20.2 Å². The van der Waals surface area contributed by atoms with Crippen LogP contribution >= 0.6 is 0 Å². The van der Waals surface area contributed by atoms with E-state index in [0.717, 1.165) is 11.8 Å². The molecule has 108 valence electrons. The molecule has 3 atom stereocenters. The molecule has 0 aromatic rings. The highest BCUT2D eigenvalue weighted by molar-refractivity contribution is 5.09. The first kappa shape index (κ1) is 12.7. The van der Waals surface area contributed by atoms with E-state index in [2.05, 4.69) is 6.92 Å². The molecule has 1 nitrogen and oxygen atoms in total. The summed E-state index contributed by atoms with van der Waals surface area (Å²) in [5, 5.41) is 11.2. The third kappa shape index (κ3) is 1.99. The molecule has 0 aromatic carbocycles. The van der Waals surface area contributed by atoms with Gasteiger partial charge in [-0.2, -0.15) is 0 Å². The van der Waals surface area contributed by atoms with Crippen molar-refractivity contribution in [1.82, 2.24) is 0 Å². The van der Waals surface area contributed by atoms with Gasteiger partial charge in [-0.1, -0.05) is 26.2 Å². The van der Waals surface area contributed by atoms with Crippen molar-refractivity contribution in [3.63, 3.8) is 0 Å². The van der Waals surface area contributed by atoms with Crippen molar-refractivity contribution in [2.45, 2.75) is 83.7 Å². The Bertz CT molecular complexity index is 341. The van der Waals surface area contributed by atoms with Gasteiger partial charge >= 0.3 is 0 Å². The number of aliphatic hydroxyl groups excluding tert-OH is 1. The molecule has 5 saturated carbocycles. The Morgan fingerprint density at radius 2 is 1.58 bits per heavy atom. The molecule has 0 spiro atoms. The summed E-state index contributed by atoms with van der Waals surface area (Å²) in [5.41, 5.74) is 0.917. The van der Waals surface area contributed by atoms with Gasteiger partial charge in [-0.3, -0.25) is 0 Å². The van der Waals surface area contributed by atoms with Crippen molar-refractivity contribution >= 4 is 0 Å². The van der Waals surface area contributed by atoms with Gasteiger partial charge in [0.1, 0.15) is 0 Å². The molecular weight excluding hydrogens is 232 g/mol. The third-order valence-electron chi connectivity index (χ3n) is 7.12. The second-order valence-corrected chi connectivity index (χ2v) is 8.98. The fraction of sp³-hybridized carbons (Fsp3) is 1.00. The van der Waals surface area contributed by atoms with E-state index < -0.39 is 0 Å². The Morgan fingerprint density at radius 3 is 2.16 bits per heavy atom. The maximum Gasteiger partial charge on any atom is 0.0624 e. The molecule has 0 aliphatic heterocycles. The van der Waals surface area contributed by atoms with Crippen molar-refractivity contribution in [3.05, 3.63) is 0 Å². The molecule has 5 fully saturated rings. The van der Waals surface area contributed by atoms with Gasteiger partial charge in [0.2, 0.25) is 0 Å². The molecule has 19 heavy (non-hydrogen) atoms. The molecular formula is C18H30O. The fourth-order valence-corrected chi connectivity index (χ4v) is 7.09. The molecule has 0 radical (unpaired) electrons. The van der Waals surface area contributed by atoms with E-state index in [4.69, 9.17) is 0 Å². The van der Waals surface area contributed by atoms with Gasteiger partial charge in [-0.05, 0) is 80.0 Å². The van der Waals surface area contributed by atoms with Crippen LogP contribution in [-0.2, 0) is 0 Å². The predicted octanol–water partition coefficient (Wildman–Crippen LogP) is 4.53. The van der Waals surface area contributed by atoms with Crippen LogP contribution in [-0.4, -0.2) is 11.2 Å². The van der Waals surface area contributed by atoms with Crippen LogP contribution in [0.5, 0.6) is 0 Å². The lowest BCUT2D eigenvalue weighted by molar-refractivity contribution is -0.169. The number of hydrogen-bond acceptors (Lipinski definition) is 1. The zero-order valence-electron chi connectivity index (χ0n) is 12.5. The molecule has 4 bridgehead atoms. The highest BCUT2D eigenvalue weighted by atomic mass is 16.3. The average Bonchev–Trinajstić information content (AvgIpc) is 2.36. The summed E-state index contributed by atoms with van der Waals surface area (Å²) in [4.78, 5) is 0. The Kier molecular flexibility index (Phi) is 2.82. The summed E-state index contributed by atoms with van der Waals surface area (Å²) in [6.07, 6.45) is 15.2. The zero-order chi connectivity index (χ0) is 13.1. The summed E-state index contributed by atoms with van der Waals surface area (Å²) >= 11 is 0. The quantitative estimate of drug-likeness (QED) is 0.775. The molecule has 0 heterocycles. The predicted molar refractivity (Wildman–Crippen MR) is 77.8 cm³/mol. The van der Waals surface area contributed by atoms with Gasteiger partial charge in [-0.15, -0.1) is 0 Å². The van der Waals surface area contributed by atoms with Gasteiger partial charge < -0.3 is 5.11 Å².